The summed E-state index contributed by atoms with van der Waals surface area (Å²) in [6.45, 7) is 0. The van der Waals surface area contributed by atoms with Gasteiger partial charge in [-0.25, -0.2) is 0 Å². The van der Waals surface area contributed by atoms with Crippen LogP contribution in [0.5, 0.6) is 5.75 Å². The number of hydrogen-bond acceptors (Lipinski definition) is 4. The number of ether oxygens (including phenoxy) is 1. The van der Waals surface area contributed by atoms with Gasteiger partial charge in [-0.3, -0.25) is 11.7 Å². The van der Waals surface area contributed by atoms with Gasteiger partial charge in [0.05, 0.1) is 7.11 Å². The van der Waals surface area contributed by atoms with Crippen LogP contribution in [-0.4, -0.2) is 21.2 Å². The Morgan fingerprint density at radius 3 is 1.85 bits per heavy atom. The molecule has 4 heteroatoms. The summed E-state index contributed by atoms with van der Waals surface area (Å²) in [5.74, 6) is 8.90. The Morgan fingerprint density at radius 1 is 1.08 bits per heavy atom. The van der Waals surface area contributed by atoms with E-state index in [1.807, 2.05) is 38.4 Å². The van der Waals surface area contributed by atoms with Crippen molar-refractivity contribution in [3.8, 4) is 5.75 Å². The second kappa shape index (κ2) is 6.28. The number of nitrogens with two attached hydrogens (primary N) is 2. The van der Waals surface area contributed by atoms with Crippen LogP contribution < -0.4 is 21.3 Å². The van der Waals surface area contributed by atoms with Crippen molar-refractivity contribution in [2.24, 2.45) is 11.7 Å². The Hall–Kier alpha value is -1.26. The fourth-order valence-corrected chi connectivity index (χ4v) is 0.880. The summed E-state index contributed by atoms with van der Waals surface area (Å²) >= 11 is 0. The molecule has 0 aliphatic rings. The van der Waals surface area contributed by atoms with E-state index in [2.05, 4.69) is 16.6 Å². The summed E-state index contributed by atoms with van der Waals surface area (Å²) < 4.78 is 5.03. The molecule has 0 bridgehead atoms. The molecule has 74 valence electrons. The second-order valence-corrected chi connectivity index (χ2v) is 2.59. The summed E-state index contributed by atoms with van der Waals surface area (Å²) in [6, 6.07) is 7.96. The number of anilines is 1. The van der Waals surface area contributed by atoms with Crippen molar-refractivity contribution in [3.05, 3.63) is 24.3 Å². The molecule has 13 heavy (non-hydrogen) atoms. The lowest BCUT2D eigenvalue weighted by Gasteiger charge is -2.11. The number of hydrogen-bond donors (Lipinski definition) is 2. The molecule has 0 fully saturated rings. The van der Waals surface area contributed by atoms with Gasteiger partial charge in [-0.15, -0.1) is 0 Å². The lowest BCUT2D eigenvalue weighted by Crippen LogP contribution is -2.07. The average molecular weight is 183 g/mol. The Morgan fingerprint density at radius 2 is 1.54 bits per heavy atom. The summed E-state index contributed by atoms with van der Waals surface area (Å²) in [5.41, 5.74) is 1.19. The molecule has 4 nitrogen and oxygen atoms in total. The molecule has 0 radical (unpaired) electrons. The van der Waals surface area contributed by atoms with Crippen LogP contribution in [0.1, 0.15) is 0 Å². The van der Waals surface area contributed by atoms with Crippen LogP contribution >= 0.6 is 0 Å². The lowest BCUT2D eigenvalue weighted by atomic mass is 10.3. The zero-order chi connectivity index (χ0) is 10.3. The normalized spacial score (nSPS) is 8.38. The molecule has 0 spiro atoms. The minimum absolute atomic E-state index is 0.899. The third kappa shape index (κ3) is 3.78. The topological polar surface area (TPSA) is 64.5 Å². The van der Waals surface area contributed by atoms with Crippen molar-refractivity contribution in [2.45, 2.75) is 0 Å². The van der Waals surface area contributed by atoms with E-state index >= 15 is 0 Å². The molecule has 0 aliphatic heterocycles. The number of nitrogens with zero attached hydrogens (tertiary/aromatic N) is 1. The number of methoxy groups -OCH3 is 1. The van der Waals surface area contributed by atoms with Gasteiger partial charge in [0.2, 0.25) is 0 Å². The highest BCUT2D eigenvalue weighted by Crippen LogP contribution is 2.16. The van der Waals surface area contributed by atoms with Crippen molar-refractivity contribution >= 4 is 5.69 Å². The molecule has 1 aromatic carbocycles. The van der Waals surface area contributed by atoms with Crippen LogP contribution in [0.2, 0.25) is 0 Å². The molecule has 0 saturated carbocycles. The van der Waals surface area contributed by atoms with Crippen molar-refractivity contribution in [1.82, 2.24) is 0 Å². The standard InChI is InChI=1S/C9H13NO.H4N2/c1-10(2)8-4-6-9(11-3)7-5-8;1-2/h4-7H,1-3H3;1-2H2. The van der Waals surface area contributed by atoms with Crippen LogP contribution in [0.4, 0.5) is 5.69 Å². The Labute approximate surface area is 79.1 Å². The SMILES string of the molecule is COc1ccc(N(C)C)cc1.NN. The molecule has 0 aliphatic carbocycles. The highest BCUT2D eigenvalue weighted by atomic mass is 16.5. The Kier molecular flexibility index (Phi) is 5.67. The quantitative estimate of drug-likeness (QED) is 0.520. The minimum Gasteiger partial charge on any atom is -0.497 e. The van der Waals surface area contributed by atoms with Crippen molar-refractivity contribution in [3.63, 3.8) is 0 Å². The van der Waals surface area contributed by atoms with Gasteiger partial charge < -0.3 is 9.64 Å². The fourth-order valence-electron chi connectivity index (χ4n) is 0.880. The van der Waals surface area contributed by atoms with Crippen LogP contribution in [0.25, 0.3) is 0 Å². The first-order chi connectivity index (χ1) is 6.24. The second-order valence-electron chi connectivity index (χ2n) is 2.59. The summed E-state index contributed by atoms with van der Waals surface area (Å²) in [7, 11) is 5.70. The van der Waals surface area contributed by atoms with Gasteiger partial charge in [0.25, 0.3) is 0 Å². The van der Waals surface area contributed by atoms with E-state index in [1.54, 1.807) is 7.11 Å². The monoisotopic (exact) mass is 183 g/mol. The molecular formula is C9H17N3O. The molecule has 0 amide bonds. The van der Waals surface area contributed by atoms with E-state index in [0.29, 0.717) is 0 Å². The molecule has 4 N–H and O–H groups in total. The zero-order valence-electron chi connectivity index (χ0n) is 8.32. The van der Waals surface area contributed by atoms with E-state index in [1.165, 1.54) is 5.69 Å². The first-order valence-corrected chi connectivity index (χ1v) is 3.89. The van der Waals surface area contributed by atoms with Crippen LogP contribution in [0.15, 0.2) is 24.3 Å². The summed E-state index contributed by atoms with van der Waals surface area (Å²) in [6.07, 6.45) is 0. The summed E-state index contributed by atoms with van der Waals surface area (Å²) in [4.78, 5) is 2.06. The molecule has 1 aromatic rings. The van der Waals surface area contributed by atoms with E-state index in [0.717, 1.165) is 5.75 Å². The van der Waals surface area contributed by atoms with Crippen molar-refractivity contribution < 1.29 is 4.74 Å². The maximum Gasteiger partial charge on any atom is 0.119 e. The fraction of sp³-hybridized carbons (Fsp3) is 0.333. The van der Waals surface area contributed by atoms with Crippen LogP contribution in [0, 0.1) is 0 Å². The summed E-state index contributed by atoms with van der Waals surface area (Å²) in [5, 5.41) is 0. The maximum absolute atomic E-state index is 5.03. The van der Waals surface area contributed by atoms with E-state index in [-0.39, 0.29) is 0 Å². The number of rotatable bonds is 2. The molecule has 0 atom stereocenters. The molecular weight excluding hydrogens is 166 g/mol. The minimum atomic E-state index is 0.899. The third-order valence-electron chi connectivity index (χ3n) is 1.59. The third-order valence-corrected chi connectivity index (χ3v) is 1.59. The molecule has 0 saturated heterocycles. The van der Waals surface area contributed by atoms with E-state index in [4.69, 9.17) is 4.74 Å². The van der Waals surface area contributed by atoms with Gasteiger partial charge in [0.15, 0.2) is 0 Å². The predicted octanol–water partition coefficient (Wildman–Crippen LogP) is 0.580. The van der Waals surface area contributed by atoms with Gasteiger partial charge in [-0.1, -0.05) is 0 Å². The van der Waals surface area contributed by atoms with Crippen molar-refractivity contribution in [2.75, 3.05) is 26.1 Å². The van der Waals surface area contributed by atoms with Gasteiger partial charge in [0, 0.05) is 19.8 Å². The van der Waals surface area contributed by atoms with Gasteiger partial charge >= 0.3 is 0 Å². The lowest BCUT2D eigenvalue weighted by molar-refractivity contribution is 0.415. The molecule has 0 heterocycles. The maximum atomic E-state index is 5.03. The average Bonchev–Trinajstić information content (AvgIpc) is 2.21. The zero-order valence-corrected chi connectivity index (χ0v) is 8.32. The largest absolute Gasteiger partial charge is 0.497 e. The van der Waals surface area contributed by atoms with E-state index < -0.39 is 0 Å². The Balaban J connectivity index is 0.000000671. The molecule has 1 rings (SSSR count). The first-order valence-electron chi connectivity index (χ1n) is 3.89. The van der Waals surface area contributed by atoms with Crippen LogP contribution in [-0.2, 0) is 0 Å². The predicted molar refractivity (Wildman–Crippen MR) is 55.7 cm³/mol. The van der Waals surface area contributed by atoms with Gasteiger partial charge in [-0.2, -0.15) is 0 Å². The molecule has 0 unspecified atom stereocenters. The highest BCUT2D eigenvalue weighted by Gasteiger charge is 1.93. The Bertz CT molecular complexity index is 221. The van der Waals surface area contributed by atoms with Crippen molar-refractivity contribution in [1.29, 1.82) is 0 Å². The number of benzene rings is 1. The smallest absolute Gasteiger partial charge is 0.119 e. The molecule has 0 aromatic heterocycles. The van der Waals surface area contributed by atoms with Crippen LogP contribution in [0.3, 0.4) is 0 Å². The van der Waals surface area contributed by atoms with Gasteiger partial charge in [-0.05, 0) is 24.3 Å². The van der Waals surface area contributed by atoms with E-state index in [9.17, 15) is 0 Å². The highest BCUT2D eigenvalue weighted by molar-refractivity contribution is 5.47. The van der Waals surface area contributed by atoms with Gasteiger partial charge in [0.1, 0.15) is 5.75 Å². The number of hydrazine groups is 1. The first kappa shape index (κ1) is 11.7.